The summed E-state index contributed by atoms with van der Waals surface area (Å²) in [6.45, 7) is 4.35. The van der Waals surface area contributed by atoms with Crippen LogP contribution in [0.15, 0.2) is 42.6 Å². The number of pyridine rings is 1. The van der Waals surface area contributed by atoms with Gasteiger partial charge in [-0.1, -0.05) is 29.8 Å². The van der Waals surface area contributed by atoms with Gasteiger partial charge in [-0.05, 0) is 44.6 Å². The van der Waals surface area contributed by atoms with Crippen molar-refractivity contribution in [3.05, 3.63) is 59.5 Å². The third kappa shape index (κ3) is 2.75. The molecule has 0 spiro atoms. The van der Waals surface area contributed by atoms with Crippen LogP contribution in [-0.4, -0.2) is 39.6 Å². The maximum Gasteiger partial charge on any atom is 0.160 e. The molecule has 23 heavy (non-hydrogen) atoms. The van der Waals surface area contributed by atoms with E-state index in [0.29, 0.717) is 6.04 Å². The lowest BCUT2D eigenvalue weighted by Crippen LogP contribution is -2.18. The number of benzene rings is 1. The Kier molecular flexibility index (Phi) is 3.62. The molecule has 3 aromatic rings. The van der Waals surface area contributed by atoms with Crippen molar-refractivity contribution in [3.8, 4) is 0 Å². The minimum Gasteiger partial charge on any atom is -0.308 e. The molecule has 0 N–H and O–H groups in total. The molecule has 4 nitrogen and oxygen atoms in total. The van der Waals surface area contributed by atoms with Crippen molar-refractivity contribution >= 4 is 11.2 Å². The van der Waals surface area contributed by atoms with Crippen LogP contribution in [0.5, 0.6) is 0 Å². The molecule has 3 heterocycles. The van der Waals surface area contributed by atoms with Gasteiger partial charge in [0.1, 0.15) is 11.3 Å². The molecule has 1 aliphatic rings. The Morgan fingerprint density at radius 3 is 2.91 bits per heavy atom. The number of likely N-dealkylation sites (tertiary alicyclic amines) is 1. The van der Waals surface area contributed by atoms with E-state index in [-0.39, 0.29) is 0 Å². The summed E-state index contributed by atoms with van der Waals surface area (Å²) in [4.78, 5) is 11.9. The predicted octanol–water partition coefficient (Wildman–Crippen LogP) is 3.21. The third-order valence-corrected chi connectivity index (χ3v) is 4.70. The van der Waals surface area contributed by atoms with E-state index in [4.69, 9.17) is 4.98 Å². The molecule has 0 amide bonds. The van der Waals surface area contributed by atoms with Crippen LogP contribution in [-0.2, 0) is 6.42 Å². The maximum absolute atomic E-state index is 4.89. The molecule has 1 atom stereocenters. The van der Waals surface area contributed by atoms with Crippen LogP contribution in [0, 0.1) is 6.92 Å². The van der Waals surface area contributed by atoms with Crippen molar-refractivity contribution in [2.75, 3.05) is 20.1 Å². The lowest BCUT2D eigenvalue weighted by molar-refractivity contribution is 0.392. The van der Waals surface area contributed by atoms with Crippen LogP contribution >= 0.6 is 0 Å². The van der Waals surface area contributed by atoms with E-state index in [2.05, 4.69) is 58.8 Å². The lowest BCUT2D eigenvalue weighted by atomic mass is 10.1. The van der Waals surface area contributed by atoms with E-state index >= 15 is 0 Å². The highest BCUT2D eigenvalue weighted by atomic mass is 15.2. The Labute approximate surface area is 136 Å². The molecule has 0 aliphatic carbocycles. The summed E-state index contributed by atoms with van der Waals surface area (Å²) >= 11 is 0. The van der Waals surface area contributed by atoms with Crippen LogP contribution in [0.25, 0.3) is 11.2 Å². The summed E-state index contributed by atoms with van der Waals surface area (Å²) in [7, 11) is 2.19. The van der Waals surface area contributed by atoms with Gasteiger partial charge in [0.15, 0.2) is 5.65 Å². The van der Waals surface area contributed by atoms with Crippen LogP contribution in [0.4, 0.5) is 0 Å². The van der Waals surface area contributed by atoms with Crippen LogP contribution in [0.1, 0.15) is 29.4 Å². The van der Waals surface area contributed by atoms with Gasteiger partial charge in [0.2, 0.25) is 0 Å². The Morgan fingerprint density at radius 2 is 2.13 bits per heavy atom. The van der Waals surface area contributed by atoms with E-state index < -0.39 is 0 Å². The second-order valence-corrected chi connectivity index (χ2v) is 6.61. The normalized spacial score (nSPS) is 18.8. The van der Waals surface area contributed by atoms with Gasteiger partial charge in [-0.25, -0.2) is 9.97 Å². The van der Waals surface area contributed by atoms with Crippen molar-refractivity contribution in [1.82, 2.24) is 19.4 Å². The number of hydrogen-bond donors (Lipinski definition) is 0. The molecule has 1 aromatic carbocycles. The average Bonchev–Trinajstić information content (AvgIpc) is 3.10. The smallest absolute Gasteiger partial charge is 0.160 e. The monoisotopic (exact) mass is 306 g/mol. The van der Waals surface area contributed by atoms with Gasteiger partial charge >= 0.3 is 0 Å². The van der Waals surface area contributed by atoms with Crippen molar-refractivity contribution < 1.29 is 0 Å². The van der Waals surface area contributed by atoms with E-state index in [1.165, 1.54) is 17.5 Å². The summed E-state index contributed by atoms with van der Waals surface area (Å²) in [5, 5.41) is 0. The first-order valence-electron chi connectivity index (χ1n) is 8.26. The van der Waals surface area contributed by atoms with E-state index in [1.54, 1.807) is 0 Å². The van der Waals surface area contributed by atoms with Crippen LogP contribution in [0.3, 0.4) is 0 Å². The number of aromatic nitrogens is 3. The SMILES string of the molecule is Cc1cccc(Cc2nc3cccnc3n2C2CCN(C)C2)c1. The summed E-state index contributed by atoms with van der Waals surface area (Å²) < 4.78 is 2.38. The van der Waals surface area contributed by atoms with Gasteiger partial charge in [-0.15, -0.1) is 0 Å². The topological polar surface area (TPSA) is 34.0 Å². The van der Waals surface area contributed by atoms with Crippen LogP contribution in [0.2, 0.25) is 0 Å². The van der Waals surface area contributed by atoms with Gasteiger partial charge in [-0.2, -0.15) is 0 Å². The number of nitrogens with zero attached hydrogens (tertiary/aromatic N) is 4. The van der Waals surface area contributed by atoms with Crippen LogP contribution < -0.4 is 0 Å². The Balaban J connectivity index is 1.79. The molecular formula is C19H22N4. The molecule has 4 rings (SSSR count). The summed E-state index contributed by atoms with van der Waals surface area (Å²) in [5.74, 6) is 1.13. The first kappa shape index (κ1) is 14.4. The van der Waals surface area contributed by atoms with E-state index in [0.717, 1.165) is 36.5 Å². The zero-order valence-corrected chi connectivity index (χ0v) is 13.7. The number of imidazole rings is 1. The zero-order chi connectivity index (χ0) is 15.8. The first-order chi connectivity index (χ1) is 11.2. The third-order valence-electron chi connectivity index (χ3n) is 4.70. The fourth-order valence-corrected chi connectivity index (χ4v) is 3.61. The quantitative estimate of drug-likeness (QED) is 0.745. The molecule has 4 heteroatoms. The molecule has 1 unspecified atom stereocenters. The number of rotatable bonds is 3. The first-order valence-corrected chi connectivity index (χ1v) is 8.26. The fourth-order valence-electron chi connectivity index (χ4n) is 3.61. The second kappa shape index (κ2) is 5.78. The molecular weight excluding hydrogens is 284 g/mol. The van der Waals surface area contributed by atoms with Gasteiger partial charge in [0.25, 0.3) is 0 Å². The molecule has 0 saturated carbocycles. The van der Waals surface area contributed by atoms with Crippen molar-refractivity contribution in [2.24, 2.45) is 0 Å². The van der Waals surface area contributed by atoms with Crippen molar-refractivity contribution in [1.29, 1.82) is 0 Å². The Hall–Kier alpha value is -2.20. The lowest BCUT2D eigenvalue weighted by Gasteiger charge is -2.16. The minimum absolute atomic E-state index is 0.472. The van der Waals surface area contributed by atoms with Gasteiger partial charge in [-0.3, -0.25) is 0 Å². The molecule has 2 aromatic heterocycles. The van der Waals surface area contributed by atoms with Gasteiger partial charge in [0, 0.05) is 19.2 Å². The molecule has 118 valence electrons. The van der Waals surface area contributed by atoms with Crippen molar-refractivity contribution in [3.63, 3.8) is 0 Å². The predicted molar refractivity (Wildman–Crippen MR) is 92.7 cm³/mol. The number of hydrogen-bond acceptors (Lipinski definition) is 3. The van der Waals surface area contributed by atoms with E-state index in [1.807, 2.05) is 12.3 Å². The summed E-state index contributed by atoms with van der Waals surface area (Å²) in [6, 6.07) is 13.2. The van der Waals surface area contributed by atoms with E-state index in [9.17, 15) is 0 Å². The molecule has 1 aliphatic heterocycles. The highest BCUT2D eigenvalue weighted by Crippen LogP contribution is 2.27. The second-order valence-electron chi connectivity index (χ2n) is 6.61. The summed E-state index contributed by atoms with van der Waals surface area (Å²) in [6.07, 6.45) is 3.90. The fraction of sp³-hybridized carbons (Fsp3) is 0.368. The Morgan fingerprint density at radius 1 is 1.22 bits per heavy atom. The summed E-state index contributed by atoms with van der Waals surface area (Å²) in [5.41, 5.74) is 4.64. The number of aryl methyl sites for hydroxylation is 1. The molecule has 1 fully saturated rings. The average molecular weight is 306 g/mol. The standard InChI is InChI=1S/C19H22N4/c1-14-5-3-6-15(11-14)12-18-21-17-7-4-9-20-19(17)23(18)16-8-10-22(2)13-16/h3-7,9,11,16H,8,10,12-13H2,1-2H3. The maximum atomic E-state index is 4.89. The van der Waals surface area contributed by atoms with Gasteiger partial charge < -0.3 is 9.47 Å². The zero-order valence-electron chi connectivity index (χ0n) is 13.7. The highest BCUT2D eigenvalue weighted by Gasteiger charge is 2.25. The molecule has 1 saturated heterocycles. The minimum atomic E-state index is 0.472. The van der Waals surface area contributed by atoms with Crippen molar-refractivity contribution in [2.45, 2.75) is 25.8 Å². The molecule has 0 bridgehead atoms. The molecule has 0 radical (unpaired) electrons. The largest absolute Gasteiger partial charge is 0.308 e. The Bertz CT molecular complexity index is 836. The number of likely N-dealkylation sites (N-methyl/N-ethyl adjacent to an activating group) is 1. The number of fused-ring (bicyclic) bond motifs is 1. The highest BCUT2D eigenvalue weighted by molar-refractivity contribution is 5.71. The van der Waals surface area contributed by atoms with Gasteiger partial charge in [0.05, 0.1) is 6.04 Å².